The first-order valence-corrected chi connectivity index (χ1v) is 5.95. The number of hydrogen-bond donors (Lipinski definition) is 0. The number of halogens is 3. The van der Waals surface area contributed by atoms with Gasteiger partial charge in [-0.05, 0) is 18.6 Å². The molecule has 0 saturated carbocycles. The Bertz CT molecular complexity index is 473. The van der Waals surface area contributed by atoms with Crippen LogP contribution in [0.4, 0.5) is 13.2 Å². The van der Waals surface area contributed by atoms with E-state index in [0.29, 0.717) is 13.2 Å². The predicted octanol–water partition coefficient (Wildman–Crippen LogP) is 2.45. The average Bonchev–Trinajstić information content (AvgIpc) is 2.34. The van der Waals surface area contributed by atoms with E-state index in [1.54, 1.807) is 13.0 Å². The Balaban J connectivity index is 2.22. The predicted molar refractivity (Wildman–Crippen MR) is 62.3 cm³/mol. The van der Waals surface area contributed by atoms with E-state index in [2.05, 4.69) is 0 Å². The molecule has 1 unspecified atom stereocenters. The van der Waals surface area contributed by atoms with Gasteiger partial charge in [-0.1, -0.05) is 18.2 Å². The second-order valence-corrected chi connectivity index (χ2v) is 4.43. The summed E-state index contributed by atoms with van der Waals surface area (Å²) in [5, 5.41) is 0. The molecular weight excluding hydrogens is 259 g/mol. The molecule has 0 spiro atoms. The molecule has 1 aromatic carbocycles. The van der Waals surface area contributed by atoms with Crippen molar-refractivity contribution in [2.75, 3.05) is 13.2 Å². The Kier molecular flexibility index (Phi) is 3.80. The Morgan fingerprint density at radius 3 is 2.74 bits per heavy atom. The van der Waals surface area contributed by atoms with Crippen LogP contribution < -0.4 is 0 Å². The number of morpholine rings is 1. The molecule has 0 radical (unpaired) electrons. The van der Waals surface area contributed by atoms with E-state index in [1.165, 1.54) is 17.0 Å². The first kappa shape index (κ1) is 13.9. The average molecular weight is 273 g/mol. The van der Waals surface area contributed by atoms with Crippen molar-refractivity contribution in [2.45, 2.75) is 25.7 Å². The van der Waals surface area contributed by atoms with Crippen molar-refractivity contribution < 1.29 is 22.7 Å². The molecule has 104 valence electrons. The minimum atomic E-state index is -4.41. The van der Waals surface area contributed by atoms with Crippen LogP contribution in [0, 0.1) is 0 Å². The minimum Gasteiger partial charge on any atom is -0.367 e. The highest BCUT2D eigenvalue weighted by molar-refractivity contribution is 5.81. The molecular formula is C13H14F3NO2. The van der Waals surface area contributed by atoms with E-state index < -0.39 is 17.8 Å². The molecule has 0 N–H and O–H groups in total. The molecule has 1 saturated heterocycles. The lowest BCUT2D eigenvalue weighted by Crippen LogP contribution is -2.46. The molecule has 6 heteroatoms. The monoisotopic (exact) mass is 273 g/mol. The number of benzene rings is 1. The number of alkyl halides is 3. The second-order valence-electron chi connectivity index (χ2n) is 4.43. The third kappa shape index (κ3) is 3.07. The van der Waals surface area contributed by atoms with Crippen LogP contribution in [0.5, 0.6) is 0 Å². The summed E-state index contributed by atoms with van der Waals surface area (Å²) in [7, 11) is 0. The van der Waals surface area contributed by atoms with Crippen LogP contribution in [0.1, 0.15) is 18.1 Å². The van der Waals surface area contributed by atoms with Crippen molar-refractivity contribution in [3.05, 3.63) is 35.4 Å². The summed E-state index contributed by atoms with van der Waals surface area (Å²) in [5.41, 5.74) is -0.584. The standard InChI is InChI=1S/C13H14F3NO2/c1-9-12(18)17(6-7-19-9)8-10-4-2-3-5-11(10)13(14,15)16/h2-5,9H,6-8H2,1H3. The van der Waals surface area contributed by atoms with Crippen molar-refractivity contribution in [1.82, 2.24) is 4.90 Å². The fraction of sp³-hybridized carbons (Fsp3) is 0.462. The fourth-order valence-electron chi connectivity index (χ4n) is 2.08. The molecule has 1 atom stereocenters. The van der Waals surface area contributed by atoms with Gasteiger partial charge in [0.15, 0.2) is 0 Å². The first-order chi connectivity index (χ1) is 8.89. The lowest BCUT2D eigenvalue weighted by atomic mass is 10.1. The molecule has 1 heterocycles. The van der Waals surface area contributed by atoms with Gasteiger partial charge in [0.25, 0.3) is 5.91 Å². The van der Waals surface area contributed by atoms with Gasteiger partial charge < -0.3 is 9.64 Å². The number of carbonyl (C=O) groups is 1. The highest BCUT2D eigenvalue weighted by Gasteiger charge is 2.34. The molecule has 1 fully saturated rings. The van der Waals surface area contributed by atoms with Crippen molar-refractivity contribution in [3.8, 4) is 0 Å². The van der Waals surface area contributed by atoms with E-state index >= 15 is 0 Å². The van der Waals surface area contributed by atoms with Gasteiger partial charge in [0, 0.05) is 13.1 Å². The third-order valence-corrected chi connectivity index (χ3v) is 3.07. The molecule has 1 amide bonds. The Morgan fingerprint density at radius 2 is 2.05 bits per heavy atom. The van der Waals surface area contributed by atoms with Gasteiger partial charge >= 0.3 is 6.18 Å². The number of amides is 1. The SMILES string of the molecule is CC1OCCN(Cc2ccccc2C(F)(F)F)C1=O. The van der Waals surface area contributed by atoms with Gasteiger partial charge in [-0.25, -0.2) is 0 Å². The van der Waals surface area contributed by atoms with Gasteiger partial charge in [-0.3, -0.25) is 4.79 Å². The Labute approximate surface area is 109 Å². The highest BCUT2D eigenvalue weighted by atomic mass is 19.4. The summed E-state index contributed by atoms with van der Waals surface area (Å²) in [4.78, 5) is 13.2. The van der Waals surface area contributed by atoms with Crippen molar-refractivity contribution in [1.29, 1.82) is 0 Å². The number of ether oxygens (including phenoxy) is 1. The van der Waals surface area contributed by atoms with Crippen molar-refractivity contribution >= 4 is 5.91 Å². The zero-order valence-electron chi connectivity index (χ0n) is 10.4. The highest BCUT2D eigenvalue weighted by Crippen LogP contribution is 2.32. The Hall–Kier alpha value is -1.56. The van der Waals surface area contributed by atoms with Crippen molar-refractivity contribution in [3.63, 3.8) is 0 Å². The summed E-state index contributed by atoms with van der Waals surface area (Å²) < 4.78 is 43.7. The van der Waals surface area contributed by atoms with Crippen LogP contribution in [0.3, 0.4) is 0 Å². The van der Waals surface area contributed by atoms with Crippen molar-refractivity contribution in [2.24, 2.45) is 0 Å². The molecule has 1 aliphatic rings. The molecule has 0 bridgehead atoms. The summed E-state index contributed by atoms with van der Waals surface area (Å²) in [6, 6.07) is 5.31. The van der Waals surface area contributed by atoms with Gasteiger partial charge in [0.1, 0.15) is 6.10 Å². The van der Waals surface area contributed by atoms with E-state index in [9.17, 15) is 18.0 Å². The zero-order valence-corrected chi connectivity index (χ0v) is 10.4. The molecule has 19 heavy (non-hydrogen) atoms. The van der Waals surface area contributed by atoms with Crippen LogP contribution >= 0.6 is 0 Å². The molecule has 1 aliphatic heterocycles. The number of rotatable bonds is 2. The van der Waals surface area contributed by atoms with Gasteiger partial charge in [-0.15, -0.1) is 0 Å². The summed E-state index contributed by atoms with van der Waals surface area (Å²) >= 11 is 0. The van der Waals surface area contributed by atoms with Gasteiger partial charge in [-0.2, -0.15) is 13.2 Å². The maximum Gasteiger partial charge on any atom is 0.416 e. The summed E-state index contributed by atoms with van der Waals surface area (Å²) in [6.45, 7) is 2.23. The van der Waals surface area contributed by atoms with E-state index in [1.807, 2.05) is 0 Å². The topological polar surface area (TPSA) is 29.5 Å². The van der Waals surface area contributed by atoms with E-state index in [-0.39, 0.29) is 18.0 Å². The minimum absolute atomic E-state index is 0.0395. The molecule has 1 aromatic rings. The first-order valence-electron chi connectivity index (χ1n) is 5.95. The molecule has 0 aromatic heterocycles. The smallest absolute Gasteiger partial charge is 0.367 e. The number of carbonyl (C=O) groups excluding carboxylic acids is 1. The second kappa shape index (κ2) is 5.21. The molecule has 2 rings (SSSR count). The number of nitrogens with zero attached hydrogens (tertiary/aromatic N) is 1. The largest absolute Gasteiger partial charge is 0.416 e. The number of hydrogen-bond acceptors (Lipinski definition) is 2. The Morgan fingerprint density at radius 1 is 1.37 bits per heavy atom. The van der Waals surface area contributed by atoms with Crippen LogP contribution in [0.2, 0.25) is 0 Å². The maximum atomic E-state index is 12.8. The molecule has 3 nitrogen and oxygen atoms in total. The van der Waals surface area contributed by atoms with Gasteiger partial charge in [0.2, 0.25) is 0 Å². The summed E-state index contributed by atoms with van der Waals surface area (Å²) in [6.07, 6.45) is -5.00. The van der Waals surface area contributed by atoms with E-state index in [0.717, 1.165) is 6.07 Å². The lowest BCUT2D eigenvalue weighted by Gasteiger charge is -2.31. The normalized spacial score (nSPS) is 20.7. The quantitative estimate of drug-likeness (QED) is 0.828. The van der Waals surface area contributed by atoms with Crippen LogP contribution in [-0.2, 0) is 22.3 Å². The maximum absolute atomic E-state index is 12.8. The molecule has 0 aliphatic carbocycles. The third-order valence-electron chi connectivity index (χ3n) is 3.07. The van der Waals surface area contributed by atoms with Crippen LogP contribution in [0.25, 0.3) is 0 Å². The summed E-state index contributed by atoms with van der Waals surface area (Å²) in [5.74, 6) is -0.275. The van der Waals surface area contributed by atoms with Crippen LogP contribution in [0.15, 0.2) is 24.3 Å². The van der Waals surface area contributed by atoms with E-state index in [4.69, 9.17) is 4.74 Å². The lowest BCUT2D eigenvalue weighted by molar-refractivity contribution is -0.153. The van der Waals surface area contributed by atoms with Crippen LogP contribution in [-0.4, -0.2) is 30.1 Å². The fourth-order valence-corrected chi connectivity index (χ4v) is 2.08. The van der Waals surface area contributed by atoms with Gasteiger partial charge in [0.05, 0.1) is 12.2 Å². The zero-order chi connectivity index (χ0) is 14.0.